The van der Waals surface area contributed by atoms with Crippen LogP contribution in [-0.4, -0.2) is 67.8 Å². The van der Waals surface area contributed by atoms with Gasteiger partial charge in [-0.3, -0.25) is 0 Å². The third-order valence-corrected chi connectivity index (χ3v) is 2.92. The van der Waals surface area contributed by atoms with Crippen molar-refractivity contribution >= 4 is 6.03 Å². The molecule has 2 fully saturated rings. The van der Waals surface area contributed by atoms with Crippen LogP contribution in [0.4, 0.5) is 4.79 Å². The van der Waals surface area contributed by atoms with E-state index < -0.39 is 0 Å². The summed E-state index contributed by atoms with van der Waals surface area (Å²) < 4.78 is 5.23. The molecule has 2 aliphatic rings. The van der Waals surface area contributed by atoms with Gasteiger partial charge >= 0.3 is 6.03 Å². The largest absolute Gasteiger partial charge is 0.378 e. The highest BCUT2D eigenvalue weighted by atomic mass is 16.5. The summed E-state index contributed by atoms with van der Waals surface area (Å²) in [6, 6.07) is 0.579. The van der Waals surface area contributed by atoms with Crippen LogP contribution in [0.3, 0.4) is 0 Å². The second-order valence-corrected chi connectivity index (χ2v) is 4.18. The molecule has 0 spiro atoms. The number of urea groups is 1. The summed E-state index contributed by atoms with van der Waals surface area (Å²) in [6.45, 7) is 7.46. The molecule has 2 rings (SSSR count). The molecule has 0 aromatic heterocycles. The van der Waals surface area contributed by atoms with Gasteiger partial charge in [0.15, 0.2) is 0 Å². The molecule has 0 aromatic carbocycles. The molecule has 0 saturated carbocycles. The lowest BCUT2D eigenvalue weighted by Crippen LogP contribution is -2.56. The number of morpholine rings is 1. The van der Waals surface area contributed by atoms with Crippen molar-refractivity contribution in [1.29, 1.82) is 0 Å². The highest BCUT2D eigenvalue weighted by Crippen LogP contribution is 2.06. The molecule has 5 heteroatoms. The molecule has 2 amide bonds. The van der Waals surface area contributed by atoms with Gasteiger partial charge in [0, 0.05) is 38.8 Å². The van der Waals surface area contributed by atoms with E-state index in [-0.39, 0.29) is 6.03 Å². The molecule has 0 bridgehead atoms. The number of carbonyl (C=O) groups is 1. The highest BCUT2D eigenvalue weighted by molar-refractivity contribution is 5.74. The number of ether oxygens (including phenoxy) is 1. The lowest BCUT2D eigenvalue weighted by atomic mass is 10.2. The van der Waals surface area contributed by atoms with E-state index in [0.29, 0.717) is 19.3 Å². The fraction of sp³-hybridized carbons (Fsp3) is 0.900. The first-order valence-electron chi connectivity index (χ1n) is 5.62. The Morgan fingerprint density at radius 2 is 2.00 bits per heavy atom. The van der Waals surface area contributed by atoms with Crippen LogP contribution < -0.4 is 5.32 Å². The van der Waals surface area contributed by atoms with Crippen LogP contribution in [0, 0.1) is 0 Å². The molecule has 0 aliphatic carbocycles. The van der Waals surface area contributed by atoms with E-state index in [9.17, 15) is 4.79 Å². The van der Waals surface area contributed by atoms with E-state index in [4.69, 9.17) is 4.74 Å². The Morgan fingerprint density at radius 3 is 2.67 bits per heavy atom. The number of piperazine rings is 1. The number of amides is 2. The van der Waals surface area contributed by atoms with E-state index in [1.807, 2.05) is 9.80 Å². The minimum Gasteiger partial charge on any atom is -0.378 e. The van der Waals surface area contributed by atoms with Gasteiger partial charge in [-0.2, -0.15) is 0 Å². The molecule has 1 atom stereocenters. The zero-order chi connectivity index (χ0) is 10.7. The number of hydrogen-bond donors (Lipinski definition) is 1. The highest BCUT2D eigenvalue weighted by Gasteiger charge is 2.25. The van der Waals surface area contributed by atoms with Gasteiger partial charge < -0.3 is 19.9 Å². The third kappa shape index (κ3) is 2.60. The normalized spacial score (nSPS) is 27.9. The minimum absolute atomic E-state index is 0.173. The van der Waals surface area contributed by atoms with Crippen LogP contribution in [-0.2, 0) is 4.74 Å². The quantitative estimate of drug-likeness (QED) is 0.602. The average molecular weight is 213 g/mol. The lowest BCUT2D eigenvalue weighted by molar-refractivity contribution is 0.0410. The second kappa shape index (κ2) is 4.81. The standard InChI is InChI=1S/C10H19N3O2/c1-9-8-13(3-2-11-9)10(14)12-4-6-15-7-5-12/h9,11H,2-8H2,1H3. The van der Waals surface area contributed by atoms with Gasteiger partial charge in [-0.1, -0.05) is 0 Å². The van der Waals surface area contributed by atoms with Crippen molar-refractivity contribution in [2.75, 3.05) is 45.9 Å². The first-order chi connectivity index (χ1) is 7.27. The molecule has 5 nitrogen and oxygen atoms in total. The number of carbonyl (C=O) groups excluding carboxylic acids is 1. The Kier molecular flexibility index (Phi) is 3.43. The smallest absolute Gasteiger partial charge is 0.320 e. The predicted molar refractivity (Wildman–Crippen MR) is 56.8 cm³/mol. The summed E-state index contributed by atoms with van der Waals surface area (Å²) in [5, 5.41) is 3.33. The fourth-order valence-corrected chi connectivity index (χ4v) is 2.06. The van der Waals surface area contributed by atoms with Gasteiger partial charge in [0.1, 0.15) is 0 Å². The van der Waals surface area contributed by atoms with E-state index in [1.54, 1.807) is 0 Å². The van der Waals surface area contributed by atoms with Gasteiger partial charge in [0.25, 0.3) is 0 Å². The number of nitrogens with zero attached hydrogens (tertiary/aromatic N) is 2. The maximum absolute atomic E-state index is 12.1. The first-order valence-corrected chi connectivity index (χ1v) is 5.62. The Bertz CT molecular complexity index is 229. The van der Waals surface area contributed by atoms with Crippen molar-refractivity contribution in [1.82, 2.24) is 15.1 Å². The Morgan fingerprint density at radius 1 is 1.27 bits per heavy atom. The van der Waals surface area contributed by atoms with Crippen LogP contribution >= 0.6 is 0 Å². The van der Waals surface area contributed by atoms with E-state index >= 15 is 0 Å². The molecular formula is C10H19N3O2. The van der Waals surface area contributed by atoms with Crippen LogP contribution in [0.2, 0.25) is 0 Å². The molecule has 1 unspecified atom stereocenters. The van der Waals surface area contributed by atoms with E-state index in [0.717, 1.165) is 32.7 Å². The molecular weight excluding hydrogens is 194 g/mol. The fourth-order valence-electron chi connectivity index (χ4n) is 2.06. The molecule has 2 aliphatic heterocycles. The lowest BCUT2D eigenvalue weighted by Gasteiger charge is -2.37. The van der Waals surface area contributed by atoms with Crippen LogP contribution in [0.25, 0.3) is 0 Å². The molecule has 86 valence electrons. The summed E-state index contributed by atoms with van der Waals surface area (Å²) in [5.41, 5.74) is 0. The zero-order valence-corrected chi connectivity index (χ0v) is 9.24. The number of hydrogen-bond acceptors (Lipinski definition) is 3. The van der Waals surface area contributed by atoms with Crippen LogP contribution in [0.1, 0.15) is 6.92 Å². The van der Waals surface area contributed by atoms with Crippen LogP contribution in [0.5, 0.6) is 0 Å². The first kappa shape index (κ1) is 10.7. The topological polar surface area (TPSA) is 44.8 Å². The number of nitrogens with one attached hydrogen (secondary N) is 1. The molecule has 0 aromatic rings. The average Bonchev–Trinajstić information content (AvgIpc) is 2.29. The molecule has 2 saturated heterocycles. The Balaban J connectivity index is 1.88. The Hall–Kier alpha value is -0.810. The maximum atomic E-state index is 12.1. The SMILES string of the molecule is CC1CN(C(=O)N2CCOCC2)CCN1. The summed E-state index contributed by atoms with van der Waals surface area (Å²) >= 11 is 0. The van der Waals surface area contributed by atoms with Crippen molar-refractivity contribution in [2.45, 2.75) is 13.0 Å². The van der Waals surface area contributed by atoms with E-state index in [2.05, 4.69) is 12.2 Å². The molecule has 15 heavy (non-hydrogen) atoms. The molecule has 1 N–H and O–H groups in total. The van der Waals surface area contributed by atoms with Crippen molar-refractivity contribution < 1.29 is 9.53 Å². The van der Waals surface area contributed by atoms with Gasteiger partial charge in [0.2, 0.25) is 0 Å². The Labute approximate surface area is 90.4 Å². The van der Waals surface area contributed by atoms with Crippen molar-refractivity contribution in [2.24, 2.45) is 0 Å². The van der Waals surface area contributed by atoms with Gasteiger partial charge in [-0.15, -0.1) is 0 Å². The monoisotopic (exact) mass is 213 g/mol. The van der Waals surface area contributed by atoms with E-state index in [1.165, 1.54) is 0 Å². The van der Waals surface area contributed by atoms with Gasteiger partial charge in [0.05, 0.1) is 13.2 Å². The second-order valence-electron chi connectivity index (χ2n) is 4.18. The molecule has 2 heterocycles. The predicted octanol–water partition coefficient (Wildman–Crippen LogP) is -0.268. The zero-order valence-electron chi connectivity index (χ0n) is 9.24. The summed E-state index contributed by atoms with van der Waals surface area (Å²) in [4.78, 5) is 15.9. The van der Waals surface area contributed by atoms with Gasteiger partial charge in [-0.05, 0) is 6.92 Å². The molecule has 0 radical (unpaired) electrons. The van der Waals surface area contributed by atoms with Crippen LogP contribution in [0.15, 0.2) is 0 Å². The minimum atomic E-state index is 0.173. The summed E-state index contributed by atoms with van der Waals surface area (Å²) in [5.74, 6) is 0. The van der Waals surface area contributed by atoms with Crippen molar-refractivity contribution in [3.63, 3.8) is 0 Å². The van der Waals surface area contributed by atoms with Gasteiger partial charge in [-0.25, -0.2) is 4.79 Å². The van der Waals surface area contributed by atoms with Crippen molar-refractivity contribution in [3.05, 3.63) is 0 Å². The summed E-state index contributed by atoms with van der Waals surface area (Å²) in [6.07, 6.45) is 0. The maximum Gasteiger partial charge on any atom is 0.320 e. The third-order valence-electron chi connectivity index (χ3n) is 2.92. The summed E-state index contributed by atoms with van der Waals surface area (Å²) in [7, 11) is 0. The number of rotatable bonds is 0. The van der Waals surface area contributed by atoms with Crippen molar-refractivity contribution in [3.8, 4) is 0 Å².